The van der Waals surface area contributed by atoms with Gasteiger partial charge in [-0.3, -0.25) is 9.10 Å². The molecule has 0 fully saturated rings. The average Bonchev–Trinajstić information content (AvgIpc) is 2.77. The molecule has 30 heavy (non-hydrogen) atoms. The lowest BCUT2D eigenvalue weighted by atomic mass is 10.0. The van der Waals surface area contributed by atoms with Gasteiger partial charge in [0.2, 0.25) is 5.91 Å². The largest absolute Gasteiger partial charge is 0.348 e. The Morgan fingerprint density at radius 3 is 2.07 bits per heavy atom. The highest BCUT2D eigenvalue weighted by Crippen LogP contribution is 2.25. The van der Waals surface area contributed by atoms with E-state index >= 15 is 0 Å². The lowest BCUT2D eigenvalue weighted by Gasteiger charge is -2.25. The van der Waals surface area contributed by atoms with Crippen LogP contribution in [0.4, 0.5) is 5.69 Å². The Morgan fingerprint density at radius 1 is 0.933 bits per heavy atom. The highest BCUT2D eigenvalue weighted by molar-refractivity contribution is 14.1. The van der Waals surface area contributed by atoms with Crippen molar-refractivity contribution >= 4 is 44.2 Å². The molecular formula is C23H23IN2O3S. The third-order valence-corrected chi connectivity index (χ3v) is 7.19. The number of hydrogen-bond donors (Lipinski definition) is 1. The van der Waals surface area contributed by atoms with Gasteiger partial charge in [0.15, 0.2) is 0 Å². The molecule has 3 rings (SSSR count). The van der Waals surface area contributed by atoms with Crippen molar-refractivity contribution < 1.29 is 13.2 Å². The Bertz CT molecular complexity index is 1070. The van der Waals surface area contributed by atoms with E-state index in [0.29, 0.717) is 12.1 Å². The van der Waals surface area contributed by atoms with E-state index in [1.54, 1.807) is 30.3 Å². The Morgan fingerprint density at radius 2 is 1.50 bits per heavy atom. The maximum Gasteiger partial charge on any atom is 0.264 e. The van der Waals surface area contributed by atoms with Crippen LogP contribution in [0.25, 0.3) is 0 Å². The first kappa shape index (κ1) is 22.3. The summed E-state index contributed by atoms with van der Waals surface area (Å²) >= 11 is 2.16. The van der Waals surface area contributed by atoms with Gasteiger partial charge in [-0.05, 0) is 71.0 Å². The minimum atomic E-state index is -3.90. The molecule has 0 saturated carbocycles. The lowest BCUT2D eigenvalue weighted by Crippen LogP contribution is -2.42. The van der Waals surface area contributed by atoms with Crippen molar-refractivity contribution in [3.8, 4) is 0 Å². The van der Waals surface area contributed by atoms with Crippen LogP contribution in [-0.4, -0.2) is 20.9 Å². The van der Waals surface area contributed by atoms with Crippen LogP contribution in [0, 0.1) is 3.57 Å². The number of hydrogen-bond acceptors (Lipinski definition) is 3. The summed E-state index contributed by atoms with van der Waals surface area (Å²) in [5.74, 6) is -0.358. The fourth-order valence-corrected chi connectivity index (χ4v) is 4.92. The highest BCUT2D eigenvalue weighted by Gasteiger charge is 2.27. The lowest BCUT2D eigenvalue weighted by molar-refractivity contribution is -0.120. The second-order valence-corrected chi connectivity index (χ2v) is 9.85. The van der Waals surface area contributed by atoms with Gasteiger partial charge < -0.3 is 5.32 Å². The molecule has 0 aliphatic carbocycles. The Labute approximate surface area is 191 Å². The van der Waals surface area contributed by atoms with Gasteiger partial charge in [-0.15, -0.1) is 0 Å². The van der Waals surface area contributed by atoms with E-state index < -0.39 is 10.0 Å². The molecular weight excluding hydrogens is 511 g/mol. The molecule has 0 unspecified atom stereocenters. The molecule has 0 radical (unpaired) electrons. The van der Waals surface area contributed by atoms with E-state index in [0.717, 1.165) is 13.4 Å². The second kappa shape index (κ2) is 10.1. The van der Waals surface area contributed by atoms with Gasteiger partial charge in [-0.25, -0.2) is 8.42 Å². The predicted octanol–water partition coefficient (Wildman–Crippen LogP) is 4.75. The summed E-state index contributed by atoms with van der Waals surface area (Å²) < 4.78 is 28.8. The maximum atomic E-state index is 13.3. The van der Waals surface area contributed by atoms with Crippen molar-refractivity contribution in [2.75, 3.05) is 10.8 Å². The van der Waals surface area contributed by atoms with Crippen LogP contribution >= 0.6 is 22.6 Å². The summed E-state index contributed by atoms with van der Waals surface area (Å²) in [7, 11) is -3.90. The number of halogens is 1. The molecule has 0 heterocycles. The Balaban J connectivity index is 1.89. The van der Waals surface area contributed by atoms with Gasteiger partial charge in [-0.1, -0.05) is 55.5 Å². The van der Waals surface area contributed by atoms with Crippen LogP contribution < -0.4 is 9.62 Å². The molecule has 0 saturated heterocycles. The minimum absolute atomic E-state index is 0.145. The van der Waals surface area contributed by atoms with Crippen molar-refractivity contribution in [2.24, 2.45) is 0 Å². The van der Waals surface area contributed by atoms with Crippen molar-refractivity contribution in [3.05, 3.63) is 94.1 Å². The van der Waals surface area contributed by atoms with Crippen molar-refractivity contribution in [1.82, 2.24) is 5.32 Å². The standard InChI is InChI=1S/C23H23IN2O3S/c1-2-22(18-9-5-3-6-10-18)25-23(27)17-26(20-15-13-19(24)14-16-20)30(28,29)21-11-7-4-8-12-21/h3-16,22H,2,17H2,1H3,(H,25,27)/t22-/m1/s1. The summed E-state index contributed by atoms with van der Waals surface area (Å²) in [5, 5.41) is 2.97. The first-order valence-electron chi connectivity index (χ1n) is 9.59. The van der Waals surface area contributed by atoms with Crippen LogP contribution in [0.2, 0.25) is 0 Å². The van der Waals surface area contributed by atoms with Gasteiger partial charge in [0, 0.05) is 3.57 Å². The zero-order chi connectivity index (χ0) is 21.6. The normalized spacial score (nSPS) is 12.2. The summed E-state index contributed by atoms with van der Waals surface area (Å²) in [6.45, 7) is 1.68. The molecule has 3 aromatic rings. The van der Waals surface area contributed by atoms with Crippen molar-refractivity contribution in [2.45, 2.75) is 24.3 Å². The Kier molecular flexibility index (Phi) is 7.49. The molecule has 0 aliphatic heterocycles. The van der Waals surface area contributed by atoms with Crippen LogP contribution in [0.1, 0.15) is 24.9 Å². The first-order valence-corrected chi connectivity index (χ1v) is 12.1. The topological polar surface area (TPSA) is 66.5 Å². The van der Waals surface area contributed by atoms with Crippen molar-refractivity contribution in [1.29, 1.82) is 0 Å². The SMILES string of the molecule is CC[C@@H](NC(=O)CN(c1ccc(I)cc1)S(=O)(=O)c1ccccc1)c1ccccc1. The highest BCUT2D eigenvalue weighted by atomic mass is 127. The number of anilines is 1. The number of carbonyl (C=O) groups is 1. The zero-order valence-electron chi connectivity index (χ0n) is 16.5. The fraction of sp³-hybridized carbons (Fsp3) is 0.174. The summed E-state index contributed by atoms with van der Waals surface area (Å²) in [6.07, 6.45) is 0.699. The fourth-order valence-electron chi connectivity index (χ4n) is 3.12. The summed E-state index contributed by atoms with van der Waals surface area (Å²) in [5.41, 5.74) is 1.43. The van der Waals surface area contributed by atoms with Crippen LogP contribution in [-0.2, 0) is 14.8 Å². The molecule has 5 nitrogen and oxygen atoms in total. The van der Waals surface area contributed by atoms with Gasteiger partial charge in [0.1, 0.15) is 6.54 Å². The molecule has 7 heteroatoms. The average molecular weight is 534 g/mol. The second-order valence-electron chi connectivity index (χ2n) is 6.74. The molecule has 1 amide bonds. The number of nitrogens with zero attached hydrogens (tertiary/aromatic N) is 1. The van der Waals surface area contributed by atoms with E-state index in [1.165, 1.54) is 12.1 Å². The molecule has 0 aromatic heterocycles. The first-order chi connectivity index (χ1) is 14.4. The number of carbonyl (C=O) groups excluding carboxylic acids is 1. The van der Waals surface area contributed by atoms with Gasteiger partial charge in [0.05, 0.1) is 16.6 Å². The van der Waals surface area contributed by atoms with Gasteiger partial charge in [-0.2, -0.15) is 0 Å². The maximum absolute atomic E-state index is 13.3. The van der Waals surface area contributed by atoms with Crippen molar-refractivity contribution in [3.63, 3.8) is 0 Å². The van der Waals surface area contributed by atoms with E-state index in [4.69, 9.17) is 0 Å². The number of rotatable bonds is 8. The minimum Gasteiger partial charge on any atom is -0.348 e. The predicted molar refractivity (Wildman–Crippen MR) is 128 cm³/mol. The monoisotopic (exact) mass is 534 g/mol. The third-order valence-electron chi connectivity index (χ3n) is 4.68. The molecule has 0 bridgehead atoms. The van der Waals surface area contributed by atoms with E-state index in [9.17, 15) is 13.2 Å². The van der Waals surface area contributed by atoms with Crippen LogP contribution in [0.3, 0.4) is 0 Å². The number of nitrogens with one attached hydrogen (secondary N) is 1. The van der Waals surface area contributed by atoms with Crippen LogP contribution in [0.5, 0.6) is 0 Å². The quantitative estimate of drug-likeness (QED) is 0.424. The summed E-state index contributed by atoms with van der Waals surface area (Å²) in [6, 6.07) is 24.7. The number of amides is 1. The van der Waals surface area contributed by atoms with E-state index in [2.05, 4.69) is 27.9 Å². The Hall–Kier alpha value is -2.39. The smallest absolute Gasteiger partial charge is 0.264 e. The molecule has 0 aliphatic rings. The number of sulfonamides is 1. The number of benzene rings is 3. The molecule has 1 N–H and O–H groups in total. The molecule has 0 spiro atoms. The summed E-state index contributed by atoms with van der Waals surface area (Å²) in [4.78, 5) is 13.0. The van der Waals surface area contributed by atoms with Gasteiger partial charge >= 0.3 is 0 Å². The molecule has 3 aromatic carbocycles. The van der Waals surface area contributed by atoms with Crippen LogP contribution in [0.15, 0.2) is 89.8 Å². The third kappa shape index (κ3) is 5.40. The zero-order valence-corrected chi connectivity index (χ0v) is 19.5. The van der Waals surface area contributed by atoms with E-state index in [1.807, 2.05) is 49.4 Å². The molecule has 1 atom stereocenters. The van der Waals surface area contributed by atoms with Gasteiger partial charge in [0.25, 0.3) is 10.0 Å². The van der Waals surface area contributed by atoms with E-state index in [-0.39, 0.29) is 23.4 Å². The molecule has 156 valence electrons.